The molecule has 19 heavy (non-hydrogen) atoms. The predicted octanol–water partition coefficient (Wildman–Crippen LogP) is 2.06. The highest BCUT2D eigenvalue weighted by molar-refractivity contribution is 5.86. The van der Waals surface area contributed by atoms with Gasteiger partial charge in [-0.2, -0.15) is 0 Å². The molecule has 3 heterocycles. The lowest BCUT2D eigenvalue weighted by Gasteiger charge is -2.35. The van der Waals surface area contributed by atoms with Crippen LogP contribution in [-0.2, 0) is 0 Å². The highest BCUT2D eigenvalue weighted by Crippen LogP contribution is 2.28. The van der Waals surface area contributed by atoms with Crippen molar-refractivity contribution < 1.29 is 0 Å². The fourth-order valence-electron chi connectivity index (χ4n) is 2.97. The Bertz CT molecular complexity index is 566. The van der Waals surface area contributed by atoms with Crippen LogP contribution in [0.3, 0.4) is 0 Å². The van der Waals surface area contributed by atoms with Crippen LogP contribution < -0.4 is 5.73 Å². The first-order chi connectivity index (χ1) is 9.16. The summed E-state index contributed by atoms with van der Waals surface area (Å²) in [5, 5.41) is 0.966. The maximum Gasteiger partial charge on any atom is 0.145 e. The average Bonchev–Trinajstić information content (AvgIpc) is 2.84. The number of hydrogen-bond acceptors (Lipinski definition) is 4. The molecule has 0 saturated carbocycles. The summed E-state index contributed by atoms with van der Waals surface area (Å²) in [6.45, 7) is 6.84. The number of rotatable bonds is 2. The van der Waals surface area contributed by atoms with Crippen molar-refractivity contribution in [2.75, 3.05) is 18.8 Å². The third kappa shape index (κ3) is 2.18. The van der Waals surface area contributed by atoms with Crippen molar-refractivity contribution in [2.24, 2.45) is 0 Å². The minimum Gasteiger partial charge on any atom is -0.383 e. The van der Waals surface area contributed by atoms with Gasteiger partial charge in [-0.1, -0.05) is 0 Å². The van der Waals surface area contributed by atoms with Gasteiger partial charge in [-0.05, 0) is 32.8 Å². The summed E-state index contributed by atoms with van der Waals surface area (Å²) in [4.78, 5) is 11.0. The molecule has 102 valence electrons. The highest BCUT2D eigenvalue weighted by Gasteiger charge is 2.23. The first kappa shape index (κ1) is 12.4. The summed E-state index contributed by atoms with van der Waals surface area (Å²) in [5.41, 5.74) is 6.86. The van der Waals surface area contributed by atoms with Crippen LogP contribution in [0.25, 0.3) is 11.0 Å². The molecule has 1 saturated heterocycles. The molecule has 2 aromatic rings. The summed E-state index contributed by atoms with van der Waals surface area (Å²) in [5.74, 6) is 0.573. The molecule has 2 N–H and O–H groups in total. The van der Waals surface area contributed by atoms with Crippen LogP contribution >= 0.6 is 0 Å². The largest absolute Gasteiger partial charge is 0.383 e. The average molecular weight is 259 g/mol. The third-order valence-electron chi connectivity index (χ3n) is 4.16. The van der Waals surface area contributed by atoms with E-state index < -0.39 is 0 Å². The molecule has 3 rings (SSSR count). The standard InChI is InChI=1S/C14H21N5/c1-10(2)18-6-3-11(4-7-18)19-8-5-12-13(15)16-9-17-14(12)19/h5,8-11H,3-4,6-7H2,1-2H3,(H2,15,16,17). The van der Waals surface area contributed by atoms with Crippen LogP contribution in [0.5, 0.6) is 0 Å². The number of aromatic nitrogens is 3. The molecule has 1 aliphatic heterocycles. The van der Waals surface area contributed by atoms with Crippen molar-refractivity contribution in [1.82, 2.24) is 19.4 Å². The second-order valence-electron chi connectivity index (χ2n) is 5.58. The zero-order valence-electron chi connectivity index (χ0n) is 11.6. The van der Waals surface area contributed by atoms with Crippen molar-refractivity contribution in [3.05, 3.63) is 18.6 Å². The number of hydrogen-bond donors (Lipinski definition) is 1. The number of likely N-dealkylation sites (tertiary alicyclic amines) is 1. The van der Waals surface area contributed by atoms with E-state index in [-0.39, 0.29) is 0 Å². The number of nitrogens with zero attached hydrogens (tertiary/aromatic N) is 4. The topological polar surface area (TPSA) is 60.0 Å². The summed E-state index contributed by atoms with van der Waals surface area (Å²) < 4.78 is 2.27. The van der Waals surface area contributed by atoms with Crippen molar-refractivity contribution in [3.8, 4) is 0 Å². The van der Waals surface area contributed by atoms with E-state index >= 15 is 0 Å². The second kappa shape index (κ2) is 4.81. The van der Waals surface area contributed by atoms with E-state index in [9.17, 15) is 0 Å². The minimum absolute atomic E-state index is 0.529. The normalized spacial score (nSPS) is 18.5. The van der Waals surface area contributed by atoms with E-state index in [0.717, 1.165) is 24.1 Å². The van der Waals surface area contributed by atoms with E-state index in [1.54, 1.807) is 6.33 Å². The lowest BCUT2D eigenvalue weighted by atomic mass is 10.0. The molecule has 0 radical (unpaired) electrons. The molecule has 1 aliphatic rings. The Morgan fingerprint density at radius 1 is 1.26 bits per heavy atom. The van der Waals surface area contributed by atoms with Gasteiger partial charge in [-0.15, -0.1) is 0 Å². The van der Waals surface area contributed by atoms with E-state index in [4.69, 9.17) is 5.73 Å². The number of fused-ring (bicyclic) bond motifs is 1. The quantitative estimate of drug-likeness (QED) is 0.896. The van der Waals surface area contributed by atoms with Gasteiger partial charge >= 0.3 is 0 Å². The van der Waals surface area contributed by atoms with Crippen molar-refractivity contribution in [2.45, 2.75) is 38.8 Å². The molecular formula is C14H21N5. The van der Waals surface area contributed by atoms with E-state index in [0.29, 0.717) is 17.9 Å². The Kier molecular flexibility index (Phi) is 3.14. The maximum absolute atomic E-state index is 5.89. The fourth-order valence-corrected chi connectivity index (χ4v) is 2.97. The lowest BCUT2D eigenvalue weighted by Crippen LogP contribution is -2.38. The van der Waals surface area contributed by atoms with Gasteiger partial charge in [0.05, 0.1) is 5.39 Å². The molecule has 0 bridgehead atoms. The Morgan fingerprint density at radius 2 is 2.00 bits per heavy atom. The summed E-state index contributed by atoms with van der Waals surface area (Å²) in [7, 11) is 0. The van der Waals surface area contributed by atoms with Crippen LogP contribution in [0.1, 0.15) is 32.7 Å². The van der Waals surface area contributed by atoms with Crippen LogP contribution in [0, 0.1) is 0 Å². The number of nitrogen functional groups attached to an aromatic ring is 1. The fraction of sp³-hybridized carbons (Fsp3) is 0.571. The Balaban J connectivity index is 1.84. The second-order valence-corrected chi connectivity index (χ2v) is 5.58. The van der Waals surface area contributed by atoms with Gasteiger partial charge in [0.1, 0.15) is 17.8 Å². The lowest BCUT2D eigenvalue weighted by molar-refractivity contribution is 0.153. The molecule has 1 fully saturated rings. The monoisotopic (exact) mass is 259 g/mol. The maximum atomic E-state index is 5.89. The van der Waals surface area contributed by atoms with Crippen LogP contribution in [0.2, 0.25) is 0 Å². The molecule has 0 aromatic carbocycles. The Hall–Kier alpha value is -1.62. The van der Waals surface area contributed by atoms with Gasteiger partial charge in [0.25, 0.3) is 0 Å². The number of piperidine rings is 1. The number of anilines is 1. The van der Waals surface area contributed by atoms with Crippen LogP contribution in [-0.4, -0.2) is 38.6 Å². The summed E-state index contributed by atoms with van der Waals surface area (Å²) in [6, 6.07) is 3.20. The molecule has 0 aliphatic carbocycles. The van der Waals surface area contributed by atoms with Crippen LogP contribution in [0.15, 0.2) is 18.6 Å². The Labute approximate surface area is 113 Å². The van der Waals surface area contributed by atoms with Gasteiger partial charge in [0, 0.05) is 31.4 Å². The first-order valence-corrected chi connectivity index (χ1v) is 6.98. The summed E-state index contributed by atoms with van der Waals surface area (Å²) in [6.07, 6.45) is 6.00. The van der Waals surface area contributed by atoms with Gasteiger partial charge in [0.2, 0.25) is 0 Å². The Morgan fingerprint density at radius 3 is 2.68 bits per heavy atom. The van der Waals surface area contributed by atoms with Gasteiger partial charge in [-0.25, -0.2) is 9.97 Å². The van der Waals surface area contributed by atoms with Gasteiger partial charge < -0.3 is 15.2 Å². The van der Waals surface area contributed by atoms with Crippen molar-refractivity contribution in [3.63, 3.8) is 0 Å². The zero-order valence-corrected chi connectivity index (χ0v) is 11.6. The molecule has 0 spiro atoms. The van der Waals surface area contributed by atoms with E-state index in [1.807, 2.05) is 6.07 Å². The molecule has 0 unspecified atom stereocenters. The highest BCUT2D eigenvalue weighted by atomic mass is 15.2. The van der Waals surface area contributed by atoms with Gasteiger partial charge in [-0.3, -0.25) is 0 Å². The molecule has 2 aromatic heterocycles. The van der Waals surface area contributed by atoms with Crippen molar-refractivity contribution in [1.29, 1.82) is 0 Å². The molecular weight excluding hydrogens is 238 g/mol. The predicted molar refractivity (Wildman–Crippen MR) is 76.9 cm³/mol. The van der Waals surface area contributed by atoms with Crippen molar-refractivity contribution >= 4 is 16.9 Å². The minimum atomic E-state index is 0.529. The SMILES string of the molecule is CC(C)N1CCC(n2ccc3c(N)ncnc32)CC1. The first-order valence-electron chi connectivity index (χ1n) is 6.98. The molecule has 0 amide bonds. The molecule has 5 heteroatoms. The van der Waals surface area contributed by atoms with E-state index in [2.05, 4.69) is 39.5 Å². The summed E-state index contributed by atoms with van der Waals surface area (Å²) >= 11 is 0. The smallest absolute Gasteiger partial charge is 0.145 e. The third-order valence-corrected chi connectivity index (χ3v) is 4.16. The van der Waals surface area contributed by atoms with E-state index in [1.165, 1.54) is 12.8 Å². The van der Waals surface area contributed by atoms with Gasteiger partial charge in [0.15, 0.2) is 0 Å². The molecule has 0 atom stereocenters. The zero-order chi connectivity index (χ0) is 13.4. The van der Waals surface area contributed by atoms with Crippen LogP contribution in [0.4, 0.5) is 5.82 Å². The molecule has 5 nitrogen and oxygen atoms in total. The number of nitrogens with two attached hydrogens (primary N) is 1.